The summed E-state index contributed by atoms with van der Waals surface area (Å²) in [7, 11) is 3.50. The maximum Gasteiger partial charge on any atom is 0.415 e. The standard InChI is InChI=1S/C16H22N4O4/c1-17-15-13-4-3-12(11-14(13)24-18-15)23-16(21)19(2)5-6-20-7-9-22-10-8-20/h3-4,11H,5-10H2,1-2H3,(H,17,18). The molecule has 2 heterocycles. The highest BCUT2D eigenvalue weighted by Gasteiger charge is 2.16. The molecule has 1 aliphatic heterocycles. The Hall–Kier alpha value is -2.32. The first kappa shape index (κ1) is 16.5. The molecule has 0 aliphatic carbocycles. The number of rotatable bonds is 5. The molecular weight excluding hydrogens is 312 g/mol. The Labute approximate surface area is 140 Å². The minimum Gasteiger partial charge on any atom is -0.410 e. The monoisotopic (exact) mass is 334 g/mol. The van der Waals surface area contributed by atoms with E-state index in [2.05, 4.69) is 15.4 Å². The molecule has 1 aromatic heterocycles. The van der Waals surface area contributed by atoms with Gasteiger partial charge in [-0.2, -0.15) is 0 Å². The van der Waals surface area contributed by atoms with Crippen LogP contribution in [0.1, 0.15) is 0 Å². The van der Waals surface area contributed by atoms with Gasteiger partial charge in [0, 0.05) is 46.3 Å². The zero-order chi connectivity index (χ0) is 16.9. The Morgan fingerprint density at radius 2 is 2.21 bits per heavy atom. The fraction of sp³-hybridized carbons (Fsp3) is 0.500. The Morgan fingerprint density at radius 3 is 2.96 bits per heavy atom. The highest BCUT2D eigenvalue weighted by atomic mass is 16.6. The third kappa shape index (κ3) is 3.77. The lowest BCUT2D eigenvalue weighted by Gasteiger charge is -2.28. The molecule has 24 heavy (non-hydrogen) atoms. The van der Waals surface area contributed by atoms with Crippen LogP contribution in [-0.2, 0) is 4.74 Å². The molecule has 1 amide bonds. The fourth-order valence-electron chi connectivity index (χ4n) is 2.55. The number of carbonyl (C=O) groups is 1. The summed E-state index contributed by atoms with van der Waals surface area (Å²) in [6.07, 6.45) is -0.393. The van der Waals surface area contributed by atoms with Crippen molar-refractivity contribution in [3.05, 3.63) is 18.2 Å². The van der Waals surface area contributed by atoms with E-state index in [1.165, 1.54) is 0 Å². The molecule has 1 N–H and O–H groups in total. The second-order valence-corrected chi connectivity index (χ2v) is 5.68. The number of hydrogen-bond donors (Lipinski definition) is 1. The second-order valence-electron chi connectivity index (χ2n) is 5.68. The van der Waals surface area contributed by atoms with Crippen LogP contribution in [0, 0.1) is 0 Å². The molecule has 0 spiro atoms. The number of nitrogens with one attached hydrogen (secondary N) is 1. The minimum absolute atomic E-state index is 0.393. The first-order valence-electron chi connectivity index (χ1n) is 7.97. The first-order valence-corrected chi connectivity index (χ1v) is 7.97. The highest BCUT2D eigenvalue weighted by Crippen LogP contribution is 2.26. The lowest BCUT2D eigenvalue weighted by Crippen LogP contribution is -2.42. The topological polar surface area (TPSA) is 80.1 Å². The second kappa shape index (κ2) is 7.50. The Bertz CT molecular complexity index is 696. The van der Waals surface area contributed by atoms with Gasteiger partial charge in [-0.05, 0) is 12.1 Å². The molecule has 1 aliphatic rings. The number of benzene rings is 1. The van der Waals surface area contributed by atoms with Gasteiger partial charge in [0.25, 0.3) is 0 Å². The van der Waals surface area contributed by atoms with Crippen LogP contribution < -0.4 is 10.1 Å². The third-order valence-electron chi connectivity index (χ3n) is 4.05. The van der Waals surface area contributed by atoms with Crippen LogP contribution in [0.5, 0.6) is 5.75 Å². The van der Waals surface area contributed by atoms with Crippen molar-refractivity contribution < 1.29 is 18.8 Å². The van der Waals surface area contributed by atoms with E-state index < -0.39 is 6.09 Å². The van der Waals surface area contributed by atoms with Crippen molar-refractivity contribution in [2.75, 3.05) is 58.8 Å². The van der Waals surface area contributed by atoms with Crippen LogP contribution in [0.25, 0.3) is 11.0 Å². The smallest absolute Gasteiger partial charge is 0.410 e. The number of anilines is 1. The summed E-state index contributed by atoms with van der Waals surface area (Å²) >= 11 is 0. The van der Waals surface area contributed by atoms with Crippen LogP contribution in [-0.4, -0.2) is 74.5 Å². The maximum absolute atomic E-state index is 12.2. The molecule has 8 heteroatoms. The number of hydrogen-bond acceptors (Lipinski definition) is 7. The number of aromatic nitrogens is 1. The van der Waals surface area contributed by atoms with E-state index >= 15 is 0 Å². The van der Waals surface area contributed by atoms with E-state index in [0.29, 0.717) is 23.7 Å². The molecule has 8 nitrogen and oxygen atoms in total. The third-order valence-corrected chi connectivity index (χ3v) is 4.05. The lowest BCUT2D eigenvalue weighted by molar-refractivity contribution is 0.0349. The average Bonchev–Trinajstić information content (AvgIpc) is 3.02. The molecule has 0 unspecified atom stereocenters. The summed E-state index contributed by atoms with van der Waals surface area (Å²) in [4.78, 5) is 16.0. The molecule has 0 atom stereocenters. The van der Waals surface area contributed by atoms with Gasteiger partial charge in [-0.1, -0.05) is 5.16 Å². The van der Waals surface area contributed by atoms with Crippen LogP contribution in [0.4, 0.5) is 10.6 Å². The van der Waals surface area contributed by atoms with E-state index in [0.717, 1.165) is 38.2 Å². The number of likely N-dealkylation sites (N-methyl/N-ethyl adjacent to an activating group) is 1. The van der Waals surface area contributed by atoms with E-state index in [4.69, 9.17) is 14.0 Å². The molecule has 1 aromatic carbocycles. The van der Waals surface area contributed by atoms with Gasteiger partial charge in [0.05, 0.1) is 18.6 Å². The van der Waals surface area contributed by atoms with E-state index in [1.54, 1.807) is 31.1 Å². The van der Waals surface area contributed by atoms with Crippen molar-refractivity contribution in [2.45, 2.75) is 0 Å². The Balaban J connectivity index is 1.55. The summed E-state index contributed by atoms with van der Waals surface area (Å²) in [5, 5.41) is 7.68. The molecule has 0 saturated carbocycles. The molecule has 2 aromatic rings. The van der Waals surface area contributed by atoms with Gasteiger partial charge in [0.2, 0.25) is 0 Å². The van der Waals surface area contributed by atoms with Crippen molar-refractivity contribution >= 4 is 22.9 Å². The predicted octanol–water partition coefficient (Wildman–Crippen LogP) is 1.63. The molecule has 0 bridgehead atoms. The molecule has 0 radical (unpaired) electrons. The molecule has 130 valence electrons. The normalized spacial score (nSPS) is 15.4. The fourth-order valence-corrected chi connectivity index (χ4v) is 2.55. The summed E-state index contributed by atoms with van der Waals surface area (Å²) in [6.45, 7) is 4.71. The van der Waals surface area contributed by atoms with E-state index in [9.17, 15) is 4.79 Å². The van der Waals surface area contributed by atoms with Crippen LogP contribution in [0.15, 0.2) is 22.7 Å². The Morgan fingerprint density at radius 1 is 1.42 bits per heavy atom. The van der Waals surface area contributed by atoms with Crippen LogP contribution in [0.3, 0.4) is 0 Å². The number of nitrogens with zero attached hydrogens (tertiary/aromatic N) is 3. The predicted molar refractivity (Wildman–Crippen MR) is 89.5 cm³/mol. The number of carbonyl (C=O) groups excluding carboxylic acids is 1. The van der Waals surface area contributed by atoms with Gasteiger partial charge in [0.1, 0.15) is 5.75 Å². The number of fused-ring (bicyclic) bond motifs is 1. The molecule has 1 fully saturated rings. The summed E-state index contributed by atoms with van der Waals surface area (Å²) in [5.41, 5.74) is 0.570. The molecule has 3 rings (SSSR count). The zero-order valence-corrected chi connectivity index (χ0v) is 13.9. The van der Waals surface area contributed by atoms with E-state index in [-0.39, 0.29) is 0 Å². The quantitative estimate of drug-likeness (QED) is 0.890. The maximum atomic E-state index is 12.2. The van der Waals surface area contributed by atoms with Gasteiger partial charge in [-0.3, -0.25) is 4.90 Å². The SMILES string of the molecule is CNc1noc2cc(OC(=O)N(C)CCN3CCOCC3)ccc12. The Kier molecular flexibility index (Phi) is 5.17. The van der Waals surface area contributed by atoms with Gasteiger partial charge < -0.3 is 24.2 Å². The van der Waals surface area contributed by atoms with Crippen molar-refractivity contribution in [1.29, 1.82) is 0 Å². The minimum atomic E-state index is -0.393. The van der Waals surface area contributed by atoms with Gasteiger partial charge in [-0.25, -0.2) is 4.79 Å². The van der Waals surface area contributed by atoms with Crippen LogP contribution in [0.2, 0.25) is 0 Å². The summed E-state index contributed by atoms with van der Waals surface area (Å²) in [6, 6.07) is 5.21. The van der Waals surface area contributed by atoms with Gasteiger partial charge >= 0.3 is 6.09 Å². The van der Waals surface area contributed by atoms with Gasteiger partial charge in [0.15, 0.2) is 11.4 Å². The average molecular weight is 334 g/mol. The summed E-state index contributed by atoms with van der Waals surface area (Å²) < 4.78 is 15.9. The number of morpholine rings is 1. The lowest BCUT2D eigenvalue weighted by atomic mass is 10.2. The van der Waals surface area contributed by atoms with Crippen molar-refractivity contribution in [3.8, 4) is 5.75 Å². The zero-order valence-electron chi connectivity index (χ0n) is 13.9. The van der Waals surface area contributed by atoms with Gasteiger partial charge in [-0.15, -0.1) is 0 Å². The number of amides is 1. The van der Waals surface area contributed by atoms with Crippen molar-refractivity contribution in [3.63, 3.8) is 0 Å². The molecular formula is C16H22N4O4. The summed E-state index contributed by atoms with van der Waals surface area (Å²) in [5.74, 6) is 1.09. The van der Waals surface area contributed by atoms with Crippen molar-refractivity contribution in [2.24, 2.45) is 0 Å². The largest absolute Gasteiger partial charge is 0.415 e. The number of ether oxygens (including phenoxy) is 2. The molecule has 1 saturated heterocycles. The first-order chi connectivity index (χ1) is 11.7. The highest BCUT2D eigenvalue weighted by molar-refractivity contribution is 5.89. The van der Waals surface area contributed by atoms with Crippen LogP contribution >= 0.6 is 0 Å². The van der Waals surface area contributed by atoms with Crippen molar-refractivity contribution in [1.82, 2.24) is 15.0 Å². The van der Waals surface area contributed by atoms with E-state index in [1.807, 2.05) is 6.07 Å².